The van der Waals surface area contributed by atoms with E-state index in [-0.39, 0.29) is 6.10 Å². The van der Waals surface area contributed by atoms with Crippen LogP contribution in [0.15, 0.2) is 48.5 Å². The Balaban J connectivity index is -0.000000742. The first kappa shape index (κ1) is 44.8. The second-order valence-electron chi connectivity index (χ2n) is 7.99. The first-order valence-corrected chi connectivity index (χ1v) is 19.3. The summed E-state index contributed by atoms with van der Waals surface area (Å²) in [6, 6.07) is 16.4. The Bertz CT molecular complexity index is 954. The van der Waals surface area contributed by atoms with Crippen LogP contribution in [-0.2, 0) is 41.2 Å². The Morgan fingerprint density at radius 2 is 1.39 bits per heavy atom. The number of likely N-dealkylation sites (N-methyl/N-ethyl adjacent to an activating group) is 1. The van der Waals surface area contributed by atoms with E-state index in [1.165, 1.54) is 16.9 Å². The van der Waals surface area contributed by atoms with Crippen molar-refractivity contribution in [3.63, 3.8) is 0 Å². The highest BCUT2D eigenvalue weighted by Crippen LogP contribution is 2.27. The quantitative estimate of drug-likeness (QED) is 0.189. The second-order valence-corrected chi connectivity index (χ2v) is 14.1. The molecule has 0 aliphatic carbocycles. The highest BCUT2D eigenvalue weighted by molar-refractivity contribution is 8.06. The Hall–Kier alpha value is -0.630. The predicted octanol–water partition coefficient (Wildman–Crippen LogP) is 4.21. The Morgan fingerprint density at radius 1 is 0.878 bits per heavy atom. The fourth-order valence-corrected chi connectivity index (χ4v) is 2.74. The number of para-hydroxylation sites is 1. The number of hydrogen-bond donors (Lipinski definition) is 6. The zero-order valence-corrected chi connectivity index (χ0v) is 29.4. The molecular weight excluding hydrogens is 628 g/mol. The van der Waals surface area contributed by atoms with Gasteiger partial charge >= 0.3 is 13.4 Å². The van der Waals surface area contributed by atoms with E-state index in [4.69, 9.17) is 43.6 Å². The van der Waals surface area contributed by atoms with Gasteiger partial charge in [-0.05, 0) is 91.9 Å². The summed E-state index contributed by atoms with van der Waals surface area (Å²) in [6.45, 7) is -0.0853. The number of aryl methyl sites for hydroxylation is 2. The minimum Gasteiger partial charge on any atom is -0.497 e. The smallest absolute Gasteiger partial charge is 0.319 e. The average molecular weight is 678 g/mol. The summed E-state index contributed by atoms with van der Waals surface area (Å²) in [5.41, 5.74) is 2.47. The summed E-state index contributed by atoms with van der Waals surface area (Å²) in [7, 11) is 7.50. The van der Waals surface area contributed by atoms with Crippen LogP contribution in [0.25, 0.3) is 0 Å². The van der Waals surface area contributed by atoms with Gasteiger partial charge in [0.2, 0.25) is 0 Å². The minimum atomic E-state index is -3.81. The normalized spacial score (nSPS) is 11.2. The molecular formula is C26H49NO9P2S3. The number of methoxy groups -OCH3 is 2. The highest BCUT2D eigenvalue weighted by atomic mass is 32.5. The van der Waals surface area contributed by atoms with E-state index in [2.05, 4.69) is 66.0 Å². The zero-order chi connectivity index (χ0) is 32.5. The number of thioether (sulfide) groups is 1. The molecule has 6 N–H and O–H groups in total. The molecule has 0 aliphatic rings. The van der Waals surface area contributed by atoms with Crippen LogP contribution in [-0.4, -0.2) is 93.8 Å². The van der Waals surface area contributed by atoms with Gasteiger partial charge in [-0.2, -0.15) is 11.8 Å². The molecule has 2 aromatic carbocycles. The molecule has 0 amide bonds. The monoisotopic (exact) mass is 677 g/mol. The van der Waals surface area contributed by atoms with Gasteiger partial charge in [-0.3, -0.25) is 0 Å². The summed E-state index contributed by atoms with van der Waals surface area (Å²) >= 11 is 9.06. The van der Waals surface area contributed by atoms with Crippen molar-refractivity contribution in [2.45, 2.75) is 39.7 Å². The standard InChI is InChI=1S/C21H29NO3.C3H8S.C2H6.2H3O3PS/c1-22(2)15-20(24-4)16-25-21-11-6-5-9-18(21)13-12-17-8-7-10-19(14-17)23-3;1-3-4-2;1-2;2*1-4(2,3)5/h5-11,14,20H,12-13,15-16H2,1-4H3;3H2,1-2H3;1-2H3;2*(H3,1,2,3,5). The molecule has 1 unspecified atom stereocenters. The van der Waals surface area contributed by atoms with Crippen LogP contribution in [0.3, 0.4) is 0 Å². The maximum Gasteiger partial charge on any atom is 0.319 e. The van der Waals surface area contributed by atoms with Crippen LogP contribution in [0, 0.1) is 0 Å². The maximum absolute atomic E-state index is 7.56. The van der Waals surface area contributed by atoms with Crippen molar-refractivity contribution in [3.8, 4) is 11.5 Å². The van der Waals surface area contributed by atoms with Crippen LogP contribution in [0.2, 0.25) is 0 Å². The van der Waals surface area contributed by atoms with Gasteiger partial charge in [0, 0.05) is 13.7 Å². The van der Waals surface area contributed by atoms with Gasteiger partial charge in [-0.25, -0.2) is 0 Å². The van der Waals surface area contributed by atoms with E-state index in [0.717, 1.165) is 30.9 Å². The minimum absolute atomic E-state index is 0.0569. The van der Waals surface area contributed by atoms with Crippen LogP contribution >= 0.6 is 25.2 Å². The highest BCUT2D eigenvalue weighted by Gasteiger charge is 2.11. The summed E-state index contributed by atoms with van der Waals surface area (Å²) in [5, 5.41) is 0. The van der Waals surface area contributed by atoms with Gasteiger partial charge in [-0.15, -0.1) is 0 Å². The molecule has 2 rings (SSSR count). The molecule has 0 aliphatic heterocycles. The van der Waals surface area contributed by atoms with Crippen LogP contribution in [0.4, 0.5) is 0 Å². The number of nitrogens with zero attached hydrogens (tertiary/aromatic N) is 1. The number of benzene rings is 2. The molecule has 0 saturated heterocycles. The number of hydrogen-bond acceptors (Lipinski definition) is 7. The Morgan fingerprint density at radius 3 is 1.83 bits per heavy atom. The van der Waals surface area contributed by atoms with Crippen molar-refractivity contribution in [3.05, 3.63) is 59.7 Å². The van der Waals surface area contributed by atoms with Crippen molar-refractivity contribution in [1.29, 1.82) is 0 Å². The Kier molecular flexibility index (Phi) is 29.5. The van der Waals surface area contributed by atoms with Crippen molar-refractivity contribution < 1.29 is 43.6 Å². The molecule has 1 atom stereocenters. The summed E-state index contributed by atoms with van der Waals surface area (Å²) in [4.78, 5) is 47.5. The third kappa shape index (κ3) is 35.5. The SMILES string of the molecule is CC.CCSC.COc1cccc(CCc2ccccc2OCC(CN(C)C)OC)c1.OP(O)(O)=S.OP(O)(O)=S. The van der Waals surface area contributed by atoms with Gasteiger partial charge in [0.25, 0.3) is 0 Å². The first-order chi connectivity index (χ1) is 19.0. The largest absolute Gasteiger partial charge is 0.497 e. The van der Waals surface area contributed by atoms with E-state index in [9.17, 15) is 0 Å². The summed E-state index contributed by atoms with van der Waals surface area (Å²) in [6.07, 6.45) is 4.03. The van der Waals surface area contributed by atoms with E-state index < -0.39 is 13.4 Å². The lowest BCUT2D eigenvalue weighted by Gasteiger charge is -2.21. The van der Waals surface area contributed by atoms with Gasteiger partial charge in [0.05, 0.1) is 7.11 Å². The van der Waals surface area contributed by atoms with Crippen LogP contribution in [0.1, 0.15) is 31.9 Å². The van der Waals surface area contributed by atoms with Crippen molar-refractivity contribution in [2.24, 2.45) is 0 Å². The Labute approximate surface area is 260 Å². The second kappa shape index (κ2) is 27.0. The summed E-state index contributed by atoms with van der Waals surface area (Å²) < 4.78 is 16.8. The first-order valence-electron chi connectivity index (χ1n) is 12.6. The third-order valence-electron chi connectivity index (χ3n) is 4.41. The molecule has 41 heavy (non-hydrogen) atoms. The lowest BCUT2D eigenvalue weighted by molar-refractivity contribution is 0.0396. The third-order valence-corrected chi connectivity index (χ3v) is 4.98. The lowest BCUT2D eigenvalue weighted by atomic mass is 10.0. The molecule has 0 spiro atoms. The van der Waals surface area contributed by atoms with Crippen molar-refractivity contribution >= 4 is 48.8 Å². The van der Waals surface area contributed by atoms with Gasteiger partial charge in [0.1, 0.15) is 24.2 Å². The van der Waals surface area contributed by atoms with E-state index in [1.807, 2.05) is 64.0 Å². The molecule has 2 aromatic rings. The fourth-order valence-electron chi connectivity index (χ4n) is 2.74. The molecule has 0 radical (unpaired) electrons. The number of rotatable bonds is 11. The van der Waals surface area contributed by atoms with Crippen molar-refractivity contribution in [2.75, 3.05) is 53.5 Å². The maximum atomic E-state index is 7.56. The molecule has 0 fully saturated rings. The van der Waals surface area contributed by atoms with Crippen LogP contribution in [0.5, 0.6) is 11.5 Å². The molecule has 0 saturated carbocycles. The van der Waals surface area contributed by atoms with Gasteiger partial charge < -0.3 is 48.5 Å². The topological polar surface area (TPSA) is 152 Å². The van der Waals surface area contributed by atoms with E-state index in [1.54, 1.807) is 14.2 Å². The molecule has 0 aromatic heterocycles. The van der Waals surface area contributed by atoms with E-state index in [0.29, 0.717) is 6.61 Å². The van der Waals surface area contributed by atoms with E-state index >= 15 is 0 Å². The molecule has 10 nitrogen and oxygen atoms in total. The van der Waals surface area contributed by atoms with Gasteiger partial charge in [0.15, 0.2) is 0 Å². The average Bonchev–Trinajstić information content (AvgIpc) is 2.89. The predicted molar refractivity (Wildman–Crippen MR) is 179 cm³/mol. The van der Waals surface area contributed by atoms with Crippen molar-refractivity contribution in [1.82, 2.24) is 4.90 Å². The lowest BCUT2D eigenvalue weighted by Crippen LogP contribution is -2.32. The molecule has 15 heteroatoms. The molecule has 0 heterocycles. The summed E-state index contributed by atoms with van der Waals surface area (Å²) in [5.74, 6) is 3.07. The van der Waals surface area contributed by atoms with Gasteiger partial charge in [-0.1, -0.05) is 51.1 Å². The molecule has 240 valence electrons. The van der Waals surface area contributed by atoms with Crippen LogP contribution < -0.4 is 9.47 Å². The molecule has 0 bridgehead atoms. The fraction of sp³-hybridized carbons (Fsp3) is 0.538. The number of ether oxygens (including phenoxy) is 3. The zero-order valence-electron chi connectivity index (χ0n) is 25.2.